The zero-order valence-corrected chi connectivity index (χ0v) is 19.9. The minimum atomic E-state index is -2.79. The van der Waals surface area contributed by atoms with Gasteiger partial charge in [-0.25, -0.2) is 0 Å². The fourth-order valence-electron chi connectivity index (χ4n) is 4.04. The topological polar surface area (TPSA) is 124 Å². The van der Waals surface area contributed by atoms with E-state index < -0.39 is 15.5 Å². The second-order valence-electron chi connectivity index (χ2n) is 8.98. The molecule has 0 spiro atoms. The van der Waals surface area contributed by atoms with Gasteiger partial charge in [0.15, 0.2) is 0 Å². The van der Waals surface area contributed by atoms with E-state index in [-0.39, 0.29) is 6.42 Å². The number of hydrogen-bond donors (Lipinski definition) is 1. The zero-order valence-electron chi connectivity index (χ0n) is 19.9. The third-order valence-corrected chi connectivity index (χ3v) is 6.20. The van der Waals surface area contributed by atoms with Crippen molar-refractivity contribution in [1.29, 1.82) is 0 Å². The van der Waals surface area contributed by atoms with Gasteiger partial charge in [0.05, 0.1) is 6.42 Å². The molecule has 0 aliphatic heterocycles. The molecule has 8 nitrogen and oxygen atoms in total. The molecule has 187 valence electrons. The van der Waals surface area contributed by atoms with Gasteiger partial charge in [0, 0.05) is 6.61 Å². The van der Waals surface area contributed by atoms with Gasteiger partial charge in [-0.2, -0.15) is 0 Å². The van der Waals surface area contributed by atoms with Crippen LogP contribution >= 0.6 is 0 Å². The third kappa shape index (κ3) is 15.3. The highest BCUT2D eigenvalue weighted by molar-refractivity contribution is 5.59. The third-order valence-electron chi connectivity index (χ3n) is 6.20. The number of unbranched alkanes of at least 4 members (excludes halogenated alkanes) is 19. The summed E-state index contributed by atoms with van der Waals surface area (Å²) in [6.07, 6.45) is 23.7. The van der Waals surface area contributed by atoms with E-state index in [0.29, 0.717) is 19.4 Å². The van der Waals surface area contributed by atoms with Crippen LogP contribution in [0.5, 0.6) is 0 Å². The molecule has 0 saturated heterocycles. The number of nitro groups is 2. The lowest BCUT2D eigenvalue weighted by Crippen LogP contribution is -2.47. The van der Waals surface area contributed by atoms with Crippen molar-refractivity contribution in [2.24, 2.45) is 0 Å². The Hall–Kier alpha value is -1.57. The average molecular weight is 458 g/mol. The molecule has 0 rings (SSSR count). The maximum absolute atomic E-state index is 10.8. The largest absolute Gasteiger partial charge is 0.523 e. The second-order valence-corrected chi connectivity index (χ2v) is 8.98. The van der Waals surface area contributed by atoms with Crippen molar-refractivity contribution in [1.82, 2.24) is 0 Å². The molecule has 0 atom stereocenters. The molecule has 0 bridgehead atoms. The van der Waals surface area contributed by atoms with Crippen LogP contribution in [0.15, 0.2) is 0 Å². The number of nitrogens with zero attached hydrogens (tertiary/aromatic N) is 2. The van der Waals surface area contributed by atoms with E-state index in [4.69, 9.17) is 5.11 Å². The Morgan fingerprint density at radius 2 is 0.781 bits per heavy atom. The summed E-state index contributed by atoms with van der Waals surface area (Å²) in [6, 6.07) is 0. The predicted octanol–water partition coefficient (Wildman–Crippen LogP) is 6.53. The highest BCUT2D eigenvalue weighted by Gasteiger charge is 2.57. The molecule has 0 fully saturated rings. The van der Waals surface area contributed by atoms with E-state index >= 15 is 0 Å². The summed E-state index contributed by atoms with van der Waals surface area (Å²) in [6.45, 7) is 0.328. The van der Waals surface area contributed by atoms with Gasteiger partial charge in [0.1, 0.15) is 9.85 Å². The molecule has 0 aliphatic rings. The maximum Gasteiger partial charge on any atom is 0.523 e. The van der Waals surface area contributed by atoms with E-state index in [9.17, 15) is 25.0 Å². The Morgan fingerprint density at radius 3 is 1.00 bits per heavy atom. The first-order valence-corrected chi connectivity index (χ1v) is 12.8. The van der Waals surface area contributed by atoms with Gasteiger partial charge in [-0.3, -0.25) is 25.0 Å². The summed E-state index contributed by atoms with van der Waals surface area (Å²) in [7, 11) is 0. The van der Waals surface area contributed by atoms with Crippen LogP contribution in [-0.4, -0.2) is 33.5 Å². The molecule has 0 amide bonds. The van der Waals surface area contributed by atoms with Crippen LogP contribution in [0.4, 0.5) is 0 Å². The van der Waals surface area contributed by atoms with Crippen LogP contribution in [0.25, 0.3) is 0 Å². The molecule has 32 heavy (non-hydrogen) atoms. The highest BCUT2D eigenvalue weighted by Crippen LogP contribution is 2.19. The minimum absolute atomic E-state index is 0.293. The van der Waals surface area contributed by atoms with Gasteiger partial charge in [-0.05, 0) is 12.8 Å². The van der Waals surface area contributed by atoms with E-state index in [1.165, 1.54) is 83.5 Å². The van der Waals surface area contributed by atoms with Crippen molar-refractivity contribution in [2.75, 3.05) is 6.61 Å². The summed E-state index contributed by atoms with van der Waals surface area (Å²) < 4.78 is 0. The monoisotopic (exact) mass is 457 g/mol. The molecule has 8 heteroatoms. The van der Waals surface area contributed by atoms with Gasteiger partial charge < -0.3 is 5.11 Å². The van der Waals surface area contributed by atoms with Gasteiger partial charge >= 0.3 is 11.9 Å². The predicted molar refractivity (Wildman–Crippen MR) is 126 cm³/mol. The number of aliphatic hydroxyl groups is 1. The molecule has 0 aromatic carbocycles. The molecule has 0 aromatic heterocycles. The van der Waals surface area contributed by atoms with E-state index in [1.807, 2.05) is 0 Å². The molecular formula is C24H45N2O6. The quantitative estimate of drug-likeness (QED) is 0.0719. The number of rotatable bonds is 25. The van der Waals surface area contributed by atoms with Crippen molar-refractivity contribution in [2.45, 2.75) is 141 Å². The number of carbonyl (C=O) groups excluding carboxylic acids is 1. The van der Waals surface area contributed by atoms with E-state index in [2.05, 4.69) is 0 Å². The van der Waals surface area contributed by atoms with E-state index in [0.717, 1.165) is 38.4 Å². The molecular weight excluding hydrogens is 412 g/mol. The Balaban J connectivity index is 3.34. The maximum atomic E-state index is 10.8. The fourth-order valence-corrected chi connectivity index (χ4v) is 4.04. The van der Waals surface area contributed by atoms with Crippen LogP contribution in [0, 0.1) is 20.2 Å². The normalized spacial score (nSPS) is 11.5. The average Bonchev–Trinajstić information content (AvgIpc) is 2.77. The lowest BCUT2D eigenvalue weighted by molar-refractivity contribution is -0.772. The number of hydrogen-bond acceptors (Lipinski definition) is 6. The molecule has 0 heterocycles. The SMILES string of the molecule is O=[C]C(CCCCCCCCCCCCCCCCCCCCCCO)([N+](=O)[O-])[N+](=O)[O-]. The second kappa shape index (κ2) is 21.3. The molecule has 0 unspecified atom stereocenters. The molecule has 0 aliphatic carbocycles. The van der Waals surface area contributed by atoms with Crippen molar-refractivity contribution in [3.63, 3.8) is 0 Å². The highest BCUT2D eigenvalue weighted by atomic mass is 16.7. The van der Waals surface area contributed by atoms with Gasteiger partial charge in [0.25, 0.3) is 0 Å². The van der Waals surface area contributed by atoms with Crippen LogP contribution in [0.1, 0.15) is 135 Å². The van der Waals surface area contributed by atoms with Crippen LogP contribution in [0.2, 0.25) is 0 Å². The van der Waals surface area contributed by atoms with Gasteiger partial charge in [0.2, 0.25) is 0 Å². The lowest BCUT2D eigenvalue weighted by atomic mass is 10.0. The zero-order chi connectivity index (χ0) is 23.9. The Bertz CT molecular complexity index is 473. The van der Waals surface area contributed by atoms with Crippen LogP contribution < -0.4 is 0 Å². The smallest absolute Gasteiger partial charge is 0.396 e. The summed E-state index contributed by atoms with van der Waals surface area (Å²) in [5, 5.41) is 30.4. The van der Waals surface area contributed by atoms with Gasteiger partial charge in [-0.1, -0.05) is 116 Å². The van der Waals surface area contributed by atoms with Crippen molar-refractivity contribution in [3.05, 3.63) is 20.2 Å². The van der Waals surface area contributed by atoms with Crippen molar-refractivity contribution in [3.8, 4) is 0 Å². The first-order valence-electron chi connectivity index (χ1n) is 12.8. The molecule has 1 radical (unpaired) electrons. The van der Waals surface area contributed by atoms with E-state index in [1.54, 1.807) is 0 Å². The minimum Gasteiger partial charge on any atom is -0.396 e. The Labute approximate surface area is 193 Å². The molecule has 0 aromatic rings. The van der Waals surface area contributed by atoms with Crippen LogP contribution in [-0.2, 0) is 4.79 Å². The molecule has 1 N–H and O–H groups in total. The fraction of sp³-hybridized carbons (Fsp3) is 0.958. The number of aliphatic hydroxyl groups excluding tert-OH is 1. The Morgan fingerprint density at radius 1 is 0.531 bits per heavy atom. The summed E-state index contributed by atoms with van der Waals surface area (Å²) in [4.78, 5) is 30.1. The summed E-state index contributed by atoms with van der Waals surface area (Å²) in [5.74, 6) is 0. The van der Waals surface area contributed by atoms with Crippen molar-refractivity contribution < 1.29 is 19.7 Å². The van der Waals surface area contributed by atoms with Gasteiger partial charge in [-0.15, -0.1) is 0 Å². The Kier molecular flexibility index (Phi) is 20.2. The summed E-state index contributed by atoms with van der Waals surface area (Å²) in [5.41, 5.74) is -2.79. The van der Waals surface area contributed by atoms with Crippen LogP contribution in [0.3, 0.4) is 0 Å². The first-order chi connectivity index (χ1) is 15.5. The molecule has 0 saturated carbocycles. The standard InChI is InChI=1S/C24H45N2O6/c27-22-20-18-16-14-12-10-8-6-4-2-1-3-5-7-9-11-13-15-17-19-21-24(23-28,25(29)30)26(31)32/h27H,1-22H2. The first kappa shape index (κ1) is 30.4. The lowest BCUT2D eigenvalue weighted by Gasteiger charge is -2.09. The summed E-state index contributed by atoms with van der Waals surface area (Å²) >= 11 is 0. The van der Waals surface area contributed by atoms with Crippen molar-refractivity contribution >= 4 is 6.29 Å².